The molecule has 1 aliphatic carbocycles. The Kier molecular flexibility index (Phi) is 6.58. The maximum Gasteiger partial charge on any atom is 0.268 e. The summed E-state index contributed by atoms with van der Waals surface area (Å²) in [5, 5.41) is 5.03. The standard InChI is InChI=1S/C28H25ClN4O2S/c29-25-22(11-14-35-25)17-33-26-23(15-21(27(33)34)4-3-18-1-2-18)16-31-28(32-26)36-24-7-5-19(6-8-24)20-9-12-30-13-10-20/h5-8,11,14-16,18,20,30H,1-2,9-10,12-13,17H2. The number of nitrogens with one attached hydrogen (secondary N) is 1. The van der Waals surface area contributed by atoms with Crippen LogP contribution in [0.4, 0.5) is 0 Å². The molecule has 3 aromatic heterocycles. The Morgan fingerprint density at radius 3 is 2.67 bits per heavy atom. The topological polar surface area (TPSA) is 73.0 Å². The highest BCUT2D eigenvalue weighted by molar-refractivity contribution is 7.99. The Hall–Kier alpha value is -3.05. The smallest absolute Gasteiger partial charge is 0.268 e. The van der Waals surface area contributed by atoms with Gasteiger partial charge in [0.2, 0.25) is 0 Å². The van der Waals surface area contributed by atoms with Crippen LogP contribution >= 0.6 is 23.4 Å². The van der Waals surface area contributed by atoms with Crippen LogP contribution < -0.4 is 10.9 Å². The number of rotatable bonds is 5. The van der Waals surface area contributed by atoms with Crippen molar-refractivity contribution in [2.75, 3.05) is 13.1 Å². The predicted molar refractivity (Wildman–Crippen MR) is 142 cm³/mol. The van der Waals surface area contributed by atoms with Crippen LogP contribution in [0.3, 0.4) is 0 Å². The molecule has 1 saturated heterocycles. The van der Waals surface area contributed by atoms with Gasteiger partial charge in [-0.25, -0.2) is 9.97 Å². The summed E-state index contributed by atoms with van der Waals surface area (Å²) in [5.74, 6) is 7.29. The zero-order valence-corrected chi connectivity index (χ0v) is 21.2. The molecule has 1 aliphatic heterocycles. The Labute approximate surface area is 218 Å². The van der Waals surface area contributed by atoms with E-state index in [1.54, 1.807) is 22.9 Å². The van der Waals surface area contributed by atoms with Gasteiger partial charge in [0.05, 0.1) is 18.4 Å². The van der Waals surface area contributed by atoms with Gasteiger partial charge in [-0.15, -0.1) is 0 Å². The first kappa shape index (κ1) is 23.4. The lowest BCUT2D eigenvalue weighted by molar-refractivity contribution is 0.460. The Balaban J connectivity index is 1.33. The largest absolute Gasteiger partial charge is 0.453 e. The maximum atomic E-state index is 13.4. The normalized spacial score (nSPS) is 16.1. The molecular formula is C28H25ClN4O2S. The number of benzene rings is 1. The van der Waals surface area contributed by atoms with Gasteiger partial charge in [0.25, 0.3) is 5.56 Å². The Bertz CT molecular complexity index is 1520. The van der Waals surface area contributed by atoms with Crippen LogP contribution in [0.2, 0.25) is 5.22 Å². The molecule has 2 fully saturated rings. The fourth-order valence-corrected chi connectivity index (χ4v) is 5.40. The van der Waals surface area contributed by atoms with E-state index >= 15 is 0 Å². The lowest BCUT2D eigenvalue weighted by Crippen LogP contribution is -2.26. The average Bonchev–Trinajstić information content (AvgIpc) is 3.66. The molecule has 2 aliphatic rings. The molecule has 1 N–H and O–H groups in total. The fraction of sp³-hybridized carbons (Fsp3) is 0.321. The van der Waals surface area contributed by atoms with E-state index in [1.807, 2.05) is 0 Å². The number of hydrogen-bond donors (Lipinski definition) is 1. The first-order valence-corrected chi connectivity index (χ1v) is 13.5. The van der Waals surface area contributed by atoms with Gasteiger partial charge in [-0.05, 0) is 97.9 Å². The summed E-state index contributed by atoms with van der Waals surface area (Å²) in [5.41, 5.74) is 2.91. The highest BCUT2D eigenvalue weighted by atomic mass is 35.5. The van der Waals surface area contributed by atoms with Crippen molar-refractivity contribution >= 4 is 34.4 Å². The lowest BCUT2D eigenvalue weighted by atomic mass is 9.90. The molecule has 0 atom stereocenters. The highest BCUT2D eigenvalue weighted by Crippen LogP contribution is 2.31. The van der Waals surface area contributed by atoms with Crippen molar-refractivity contribution in [3.8, 4) is 11.8 Å². The molecule has 0 unspecified atom stereocenters. The molecule has 1 saturated carbocycles. The third-order valence-electron chi connectivity index (χ3n) is 6.71. The van der Waals surface area contributed by atoms with Crippen molar-refractivity contribution in [1.29, 1.82) is 0 Å². The Morgan fingerprint density at radius 1 is 1.14 bits per heavy atom. The second-order valence-corrected chi connectivity index (χ2v) is 10.7. The summed E-state index contributed by atoms with van der Waals surface area (Å²) in [6.07, 6.45) is 7.83. The maximum absolute atomic E-state index is 13.4. The van der Waals surface area contributed by atoms with Gasteiger partial charge in [0, 0.05) is 28.0 Å². The van der Waals surface area contributed by atoms with E-state index in [0.717, 1.165) is 36.2 Å². The van der Waals surface area contributed by atoms with E-state index in [2.05, 4.69) is 46.4 Å². The van der Waals surface area contributed by atoms with Crippen LogP contribution in [0.15, 0.2) is 68.1 Å². The zero-order valence-electron chi connectivity index (χ0n) is 19.7. The van der Waals surface area contributed by atoms with Crippen molar-refractivity contribution in [3.05, 3.63) is 81.1 Å². The summed E-state index contributed by atoms with van der Waals surface area (Å²) in [7, 11) is 0. The van der Waals surface area contributed by atoms with Crippen molar-refractivity contribution in [2.24, 2.45) is 5.92 Å². The van der Waals surface area contributed by atoms with Crippen molar-refractivity contribution in [1.82, 2.24) is 19.9 Å². The number of pyridine rings is 1. The second-order valence-electron chi connectivity index (χ2n) is 9.34. The highest BCUT2D eigenvalue weighted by Gasteiger charge is 2.19. The molecule has 6 rings (SSSR count). The predicted octanol–water partition coefficient (Wildman–Crippen LogP) is 5.47. The molecule has 0 spiro atoms. The van der Waals surface area contributed by atoms with Gasteiger partial charge >= 0.3 is 0 Å². The number of halogens is 1. The molecule has 36 heavy (non-hydrogen) atoms. The molecule has 0 bridgehead atoms. The van der Waals surface area contributed by atoms with E-state index < -0.39 is 0 Å². The van der Waals surface area contributed by atoms with E-state index in [1.165, 1.54) is 36.4 Å². The molecule has 8 heteroatoms. The minimum atomic E-state index is -0.186. The summed E-state index contributed by atoms with van der Waals surface area (Å²) in [4.78, 5) is 23.9. The van der Waals surface area contributed by atoms with E-state index in [9.17, 15) is 4.79 Å². The SMILES string of the molecule is O=c1c(C#CC2CC2)cc2cnc(Sc3ccc(C4CCNCC4)cc3)nc2n1Cc1ccoc1Cl. The monoisotopic (exact) mass is 516 g/mol. The Morgan fingerprint density at radius 2 is 1.94 bits per heavy atom. The summed E-state index contributed by atoms with van der Waals surface area (Å²) in [6, 6.07) is 12.2. The molecule has 0 amide bonds. The fourth-order valence-electron chi connectivity index (χ4n) is 4.51. The van der Waals surface area contributed by atoms with Crippen LogP contribution in [0.5, 0.6) is 0 Å². The number of aromatic nitrogens is 3. The third-order valence-corrected chi connectivity index (χ3v) is 7.93. The average molecular weight is 517 g/mol. The first-order chi connectivity index (χ1) is 17.6. The van der Waals surface area contributed by atoms with Crippen molar-refractivity contribution in [3.63, 3.8) is 0 Å². The molecular weight excluding hydrogens is 492 g/mol. The number of nitrogens with zero attached hydrogens (tertiary/aromatic N) is 3. The van der Waals surface area contributed by atoms with Gasteiger partial charge in [0.1, 0.15) is 5.65 Å². The summed E-state index contributed by atoms with van der Waals surface area (Å²) in [6.45, 7) is 2.40. The van der Waals surface area contributed by atoms with Crippen molar-refractivity contribution < 1.29 is 4.42 Å². The number of piperidine rings is 1. The van der Waals surface area contributed by atoms with E-state index in [-0.39, 0.29) is 17.3 Å². The van der Waals surface area contributed by atoms with Gasteiger partial charge < -0.3 is 9.73 Å². The lowest BCUT2D eigenvalue weighted by Gasteiger charge is -2.23. The van der Waals surface area contributed by atoms with Gasteiger partial charge in [-0.3, -0.25) is 9.36 Å². The van der Waals surface area contributed by atoms with Crippen LogP contribution in [-0.2, 0) is 6.54 Å². The molecule has 1 aromatic carbocycles. The van der Waals surface area contributed by atoms with Gasteiger partial charge in [0.15, 0.2) is 10.4 Å². The molecule has 182 valence electrons. The molecule has 4 aromatic rings. The summed E-state index contributed by atoms with van der Waals surface area (Å²) >= 11 is 7.69. The number of fused-ring (bicyclic) bond motifs is 1. The van der Waals surface area contributed by atoms with Crippen LogP contribution in [0.25, 0.3) is 11.0 Å². The van der Waals surface area contributed by atoms with Crippen LogP contribution in [0, 0.1) is 17.8 Å². The van der Waals surface area contributed by atoms with E-state index in [0.29, 0.717) is 33.8 Å². The van der Waals surface area contributed by atoms with Crippen LogP contribution in [0.1, 0.15) is 48.3 Å². The van der Waals surface area contributed by atoms with E-state index in [4.69, 9.17) is 21.0 Å². The third kappa shape index (κ3) is 5.08. The zero-order chi connectivity index (χ0) is 24.5. The minimum Gasteiger partial charge on any atom is -0.453 e. The molecule has 6 nitrogen and oxygen atoms in total. The first-order valence-electron chi connectivity index (χ1n) is 12.3. The molecule has 0 radical (unpaired) electrons. The number of hydrogen-bond acceptors (Lipinski definition) is 6. The summed E-state index contributed by atoms with van der Waals surface area (Å²) < 4.78 is 6.86. The number of furan rings is 1. The minimum absolute atomic E-state index is 0.186. The van der Waals surface area contributed by atoms with Gasteiger partial charge in [-0.1, -0.05) is 24.0 Å². The van der Waals surface area contributed by atoms with Gasteiger partial charge in [-0.2, -0.15) is 0 Å². The molecule has 4 heterocycles. The quantitative estimate of drug-likeness (QED) is 0.280. The van der Waals surface area contributed by atoms with Crippen LogP contribution in [-0.4, -0.2) is 27.6 Å². The van der Waals surface area contributed by atoms with Crippen molar-refractivity contribution in [2.45, 2.75) is 48.2 Å². The second kappa shape index (κ2) is 10.1.